The van der Waals surface area contributed by atoms with Gasteiger partial charge in [0.15, 0.2) is 17.4 Å². The minimum atomic E-state index is -1.55. The van der Waals surface area contributed by atoms with Crippen molar-refractivity contribution in [3.63, 3.8) is 0 Å². The fraction of sp³-hybridized carbons (Fsp3) is 0.455. The minimum Gasteiger partial charge on any atom is -0.503 e. The Bertz CT molecular complexity index is 424. The third-order valence-electron chi connectivity index (χ3n) is 3.41. The van der Waals surface area contributed by atoms with Gasteiger partial charge in [0.05, 0.1) is 0 Å². The molecule has 0 bridgehead atoms. The van der Waals surface area contributed by atoms with Crippen LogP contribution in [-0.2, 0) is 5.41 Å². The summed E-state index contributed by atoms with van der Waals surface area (Å²) >= 11 is 0. The molecule has 1 aromatic rings. The molecule has 0 atom stereocenters. The van der Waals surface area contributed by atoms with Crippen molar-refractivity contribution in [2.24, 2.45) is 5.73 Å². The minimum absolute atomic E-state index is 0.0161. The summed E-state index contributed by atoms with van der Waals surface area (Å²) in [6.07, 6.45) is 2.13. The Morgan fingerprint density at radius 3 is 2.31 bits per heavy atom. The van der Waals surface area contributed by atoms with Crippen LogP contribution in [0, 0.1) is 17.5 Å². The number of nitrogens with two attached hydrogens (primary N) is 1. The van der Waals surface area contributed by atoms with Crippen LogP contribution in [0.1, 0.15) is 24.8 Å². The highest BCUT2D eigenvalue weighted by Gasteiger charge is 2.41. The fourth-order valence-corrected chi connectivity index (χ4v) is 2.16. The molecule has 3 N–H and O–H groups in total. The van der Waals surface area contributed by atoms with Crippen molar-refractivity contribution in [1.82, 2.24) is 0 Å². The molecule has 1 aliphatic rings. The molecule has 5 heteroatoms. The molecule has 0 aliphatic heterocycles. The number of aromatic hydroxyl groups is 1. The Morgan fingerprint density at radius 1 is 1.25 bits per heavy atom. The molecule has 2 rings (SSSR count). The number of phenolic OH excluding ortho intramolecular Hbond substituents is 1. The van der Waals surface area contributed by atoms with E-state index in [4.69, 9.17) is 10.8 Å². The van der Waals surface area contributed by atoms with Crippen molar-refractivity contribution in [3.8, 4) is 5.75 Å². The maximum absolute atomic E-state index is 13.6. The lowest BCUT2D eigenvalue weighted by atomic mass is 9.64. The number of rotatable bonds is 2. The second-order valence-electron chi connectivity index (χ2n) is 4.22. The molecule has 88 valence electrons. The molecule has 16 heavy (non-hydrogen) atoms. The van der Waals surface area contributed by atoms with Crippen LogP contribution in [0.15, 0.2) is 6.07 Å². The van der Waals surface area contributed by atoms with Gasteiger partial charge in [-0.3, -0.25) is 0 Å². The maximum atomic E-state index is 13.6. The van der Waals surface area contributed by atoms with Crippen LogP contribution in [0.25, 0.3) is 0 Å². The molecule has 1 aromatic carbocycles. The highest BCUT2D eigenvalue weighted by Crippen LogP contribution is 2.45. The number of phenols is 1. The summed E-state index contributed by atoms with van der Waals surface area (Å²) < 4.78 is 39.6. The molecule has 0 spiro atoms. The molecule has 0 saturated heterocycles. The normalized spacial score (nSPS) is 18.2. The zero-order valence-electron chi connectivity index (χ0n) is 8.56. The molecule has 0 radical (unpaired) electrons. The van der Waals surface area contributed by atoms with Crippen molar-refractivity contribution in [1.29, 1.82) is 0 Å². The Kier molecular flexibility index (Phi) is 2.58. The standard InChI is InChI=1S/C11H12F3NO/c12-7-4-6(8(13)10(16)9(7)14)11(5-15)2-1-3-11/h4,16H,1-3,5,15H2. The Balaban J connectivity index is 2.57. The molecule has 0 aromatic heterocycles. The van der Waals surface area contributed by atoms with Gasteiger partial charge in [-0.15, -0.1) is 0 Å². The average Bonchev–Trinajstić information content (AvgIpc) is 2.21. The zero-order valence-corrected chi connectivity index (χ0v) is 8.56. The van der Waals surface area contributed by atoms with E-state index < -0.39 is 28.6 Å². The van der Waals surface area contributed by atoms with E-state index in [-0.39, 0.29) is 12.1 Å². The second-order valence-corrected chi connectivity index (χ2v) is 4.22. The van der Waals surface area contributed by atoms with Gasteiger partial charge in [0.25, 0.3) is 0 Å². The molecule has 0 unspecified atom stereocenters. The average molecular weight is 231 g/mol. The Morgan fingerprint density at radius 2 is 1.88 bits per heavy atom. The van der Waals surface area contributed by atoms with Crippen LogP contribution >= 0.6 is 0 Å². The fourth-order valence-electron chi connectivity index (χ4n) is 2.16. The molecular formula is C11H12F3NO. The van der Waals surface area contributed by atoms with Gasteiger partial charge < -0.3 is 10.8 Å². The van der Waals surface area contributed by atoms with Gasteiger partial charge in [-0.25, -0.2) is 8.78 Å². The van der Waals surface area contributed by atoms with Crippen LogP contribution < -0.4 is 5.73 Å². The highest BCUT2D eigenvalue weighted by atomic mass is 19.2. The molecule has 0 heterocycles. The summed E-state index contributed by atoms with van der Waals surface area (Å²) in [7, 11) is 0. The van der Waals surface area contributed by atoms with Gasteiger partial charge in [-0.1, -0.05) is 6.42 Å². The van der Waals surface area contributed by atoms with Gasteiger partial charge >= 0.3 is 0 Å². The van der Waals surface area contributed by atoms with Crippen molar-refractivity contribution in [3.05, 3.63) is 29.1 Å². The first-order valence-corrected chi connectivity index (χ1v) is 5.09. The summed E-state index contributed by atoms with van der Waals surface area (Å²) in [5, 5.41) is 9.12. The predicted molar refractivity (Wildman–Crippen MR) is 52.6 cm³/mol. The van der Waals surface area contributed by atoms with E-state index in [1.54, 1.807) is 0 Å². The van der Waals surface area contributed by atoms with E-state index in [2.05, 4.69) is 0 Å². The lowest BCUT2D eigenvalue weighted by Crippen LogP contribution is -2.42. The third-order valence-corrected chi connectivity index (χ3v) is 3.41. The summed E-state index contributed by atoms with van der Waals surface area (Å²) in [5.41, 5.74) is 4.88. The zero-order chi connectivity index (χ0) is 11.9. The monoisotopic (exact) mass is 231 g/mol. The number of benzene rings is 1. The first-order chi connectivity index (χ1) is 7.52. The number of halogens is 3. The maximum Gasteiger partial charge on any atom is 0.203 e. The van der Waals surface area contributed by atoms with Crippen molar-refractivity contribution in [2.75, 3.05) is 6.54 Å². The first kappa shape index (κ1) is 11.3. The second kappa shape index (κ2) is 3.66. The molecule has 2 nitrogen and oxygen atoms in total. The van der Waals surface area contributed by atoms with E-state index in [1.165, 1.54) is 0 Å². The predicted octanol–water partition coefficient (Wildman–Crippen LogP) is 2.19. The number of hydrogen-bond donors (Lipinski definition) is 2. The lowest BCUT2D eigenvalue weighted by Gasteiger charge is -2.41. The quantitative estimate of drug-likeness (QED) is 0.766. The summed E-state index contributed by atoms with van der Waals surface area (Å²) in [5.74, 6) is -5.14. The van der Waals surface area contributed by atoms with Crippen LogP contribution in [0.3, 0.4) is 0 Å². The first-order valence-electron chi connectivity index (χ1n) is 5.09. The summed E-state index contributed by atoms with van der Waals surface area (Å²) in [6.45, 7) is 0.161. The van der Waals surface area contributed by atoms with Crippen molar-refractivity contribution < 1.29 is 18.3 Å². The lowest BCUT2D eigenvalue weighted by molar-refractivity contribution is 0.238. The molecular weight excluding hydrogens is 219 g/mol. The van der Waals surface area contributed by atoms with Crippen LogP contribution in [-0.4, -0.2) is 11.7 Å². The van der Waals surface area contributed by atoms with E-state index in [0.29, 0.717) is 12.8 Å². The Labute approximate surface area is 90.9 Å². The van der Waals surface area contributed by atoms with E-state index in [0.717, 1.165) is 12.5 Å². The van der Waals surface area contributed by atoms with Crippen LogP contribution in [0.2, 0.25) is 0 Å². The third kappa shape index (κ3) is 1.38. The van der Waals surface area contributed by atoms with Gasteiger partial charge in [-0.05, 0) is 18.9 Å². The number of hydrogen-bond acceptors (Lipinski definition) is 2. The molecule has 1 saturated carbocycles. The topological polar surface area (TPSA) is 46.2 Å². The Hall–Kier alpha value is -1.23. The van der Waals surface area contributed by atoms with Gasteiger partial charge in [-0.2, -0.15) is 4.39 Å². The van der Waals surface area contributed by atoms with E-state index in [9.17, 15) is 13.2 Å². The smallest absolute Gasteiger partial charge is 0.203 e. The van der Waals surface area contributed by atoms with Gasteiger partial charge in [0, 0.05) is 17.5 Å². The largest absolute Gasteiger partial charge is 0.503 e. The van der Waals surface area contributed by atoms with Gasteiger partial charge in [0.2, 0.25) is 5.82 Å². The van der Waals surface area contributed by atoms with Gasteiger partial charge in [0.1, 0.15) is 0 Å². The molecule has 0 amide bonds. The highest BCUT2D eigenvalue weighted by molar-refractivity contribution is 5.39. The molecule has 1 fully saturated rings. The summed E-state index contributed by atoms with van der Waals surface area (Å²) in [4.78, 5) is 0. The molecule has 1 aliphatic carbocycles. The van der Waals surface area contributed by atoms with Crippen LogP contribution in [0.4, 0.5) is 13.2 Å². The van der Waals surface area contributed by atoms with Crippen molar-refractivity contribution in [2.45, 2.75) is 24.7 Å². The summed E-state index contributed by atoms with van der Waals surface area (Å²) in [6, 6.07) is 0.802. The van der Waals surface area contributed by atoms with Crippen LogP contribution in [0.5, 0.6) is 5.75 Å². The van der Waals surface area contributed by atoms with E-state index in [1.807, 2.05) is 0 Å². The van der Waals surface area contributed by atoms with E-state index >= 15 is 0 Å². The SMILES string of the molecule is NCC1(c2cc(F)c(F)c(O)c2F)CCC1. The van der Waals surface area contributed by atoms with Crippen molar-refractivity contribution >= 4 is 0 Å².